The van der Waals surface area contributed by atoms with Crippen LogP contribution in [0.15, 0.2) is 28.8 Å². The molecule has 134 valence electrons. The molecule has 2 aromatic rings. The minimum Gasteiger partial charge on any atom is -0.353 e. The quantitative estimate of drug-likeness (QED) is 0.901. The highest BCUT2D eigenvalue weighted by atomic mass is 19.1. The summed E-state index contributed by atoms with van der Waals surface area (Å²) < 4.78 is 18.4. The molecule has 25 heavy (non-hydrogen) atoms. The largest absolute Gasteiger partial charge is 0.353 e. The van der Waals surface area contributed by atoms with Crippen molar-refractivity contribution in [2.75, 3.05) is 19.6 Å². The molecule has 1 fully saturated rings. The molecule has 1 aliphatic heterocycles. The molecule has 7 heteroatoms. The van der Waals surface area contributed by atoms with Crippen molar-refractivity contribution >= 4 is 5.91 Å². The molecule has 1 aromatic heterocycles. The van der Waals surface area contributed by atoms with Gasteiger partial charge >= 0.3 is 0 Å². The number of benzene rings is 1. The number of nitrogens with one attached hydrogen (secondary N) is 1. The fourth-order valence-corrected chi connectivity index (χ4v) is 3.09. The van der Waals surface area contributed by atoms with Crippen LogP contribution < -0.4 is 5.32 Å². The Labute approximate surface area is 146 Å². The smallest absolute Gasteiger partial charge is 0.234 e. The van der Waals surface area contributed by atoms with Gasteiger partial charge in [0.25, 0.3) is 0 Å². The molecule has 1 amide bonds. The molecule has 0 spiro atoms. The lowest BCUT2D eigenvalue weighted by Gasteiger charge is -2.30. The minimum absolute atomic E-state index is 0.0354. The van der Waals surface area contributed by atoms with E-state index in [-0.39, 0.29) is 23.7 Å². The van der Waals surface area contributed by atoms with Crippen molar-refractivity contribution in [2.24, 2.45) is 0 Å². The fourth-order valence-electron chi connectivity index (χ4n) is 3.09. The molecule has 1 aromatic carbocycles. The standard InChI is InChI=1S/C18H23FN4O2/c1-12(2)20-16(24)11-23-9-3-4-14(10-23)18-21-17(22-25-18)13-5-7-15(19)8-6-13/h5-8,12,14H,3-4,9-11H2,1-2H3,(H,20,24). The summed E-state index contributed by atoms with van der Waals surface area (Å²) in [6, 6.07) is 6.16. The average Bonchev–Trinajstić information content (AvgIpc) is 3.05. The van der Waals surface area contributed by atoms with Crippen LogP contribution in [0.3, 0.4) is 0 Å². The Kier molecular flexibility index (Phi) is 5.43. The Morgan fingerprint density at radius 3 is 2.88 bits per heavy atom. The molecule has 1 atom stereocenters. The maximum absolute atomic E-state index is 13.0. The van der Waals surface area contributed by atoms with E-state index in [0.717, 1.165) is 31.5 Å². The highest BCUT2D eigenvalue weighted by molar-refractivity contribution is 5.78. The van der Waals surface area contributed by atoms with Gasteiger partial charge in [-0.05, 0) is 57.5 Å². The Morgan fingerprint density at radius 2 is 2.16 bits per heavy atom. The number of carbonyl (C=O) groups excluding carboxylic acids is 1. The van der Waals surface area contributed by atoms with E-state index < -0.39 is 0 Å². The van der Waals surface area contributed by atoms with Crippen molar-refractivity contribution in [2.45, 2.75) is 38.6 Å². The monoisotopic (exact) mass is 346 g/mol. The minimum atomic E-state index is -0.296. The molecule has 1 saturated heterocycles. The molecule has 2 heterocycles. The lowest BCUT2D eigenvalue weighted by Crippen LogP contribution is -2.43. The third-order valence-electron chi connectivity index (χ3n) is 4.22. The maximum Gasteiger partial charge on any atom is 0.234 e. The summed E-state index contributed by atoms with van der Waals surface area (Å²) in [4.78, 5) is 18.5. The van der Waals surface area contributed by atoms with E-state index >= 15 is 0 Å². The molecule has 6 nitrogen and oxygen atoms in total. The molecular weight excluding hydrogens is 323 g/mol. The first kappa shape index (κ1) is 17.5. The van der Waals surface area contributed by atoms with Gasteiger partial charge < -0.3 is 9.84 Å². The lowest BCUT2D eigenvalue weighted by atomic mass is 9.98. The first-order chi connectivity index (χ1) is 12.0. The molecule has 0 radical (unpaired) electrons. The summed E-state index contributed by atoms with van der Waals surface area (Å²) in [6.45, 7) is 5.89. The molecular formula is C18H23FN4O2. The second-order valence-corrected chi connectivity index (χ2v) is 6.76. The van der Waals surface area contributed by atoms with Gasteiger partial charge in [0, 0.05) is 18.2 Å². The van der Waals surface area contributed by atoms with Crippen LogP contribution in [0.5, 0.6) is 0 Å². The van der Waals surface area contributed by atoms with Crippen LogP contribution in [0, 0.1) is 5.82 Å². The van der Waals surface area contributed by atoms with Crippen molar-refractivity contribution in [3.63, 3.8) is 0 Å². The van der Waals surface area contributed by atoms with E-state index in [1.165, 1.54) is 12.1 Å². The molecule has 0 saturated carbocycles. The van der Waals surface area contributed by atoms with Crippen LogP contribution in [0.2, 0.25) is 0 Å². The Bertz CT molecular complexity index is 714. The van der Waals surface area contributed by atoms with Crippen LogP contribution in [-0.4, -0.2) is 46.6 Å². The highest BCUT2D eigenvalue weighted by Gasteiger charge is 2.27. The predicted molar refractivity (Wildman–Crippen MR) is 91.4 cm³/mol. The number of aromatic nitrogens is 2. The maximum atomic E-state index is 13.0. The molecule has 0 bridgehead atoms. The van der Waals surface area contributed by atoms with Gasteiger partial charge in [0.05, 0.1) is 12.5 Å². The van der Waals surface area contributed by atoms with Gasteiger partial charge in [-0.1, -0.05) is 5.16 Å². The van der Waals surface area contributed by atoms with Crippen molar-refractivity contribution in [1.29, 1.82) is 0 Å². The van der Waals surface area contributed by atoms with Gasteiger partial charge in [0.15, 0.2) is 0 Å². The van der Waals surface area contributed by atoms with Crippen molar-refractivity contribution in [3.05, 3.63) is 36.0 Å². The van der Waals surface area contributed by atoms with E-state index in [9.17, 15) is 9.18 Å². The third-order valence-corrected chi connectivity index (χ3v) is 4.22. The van der Waals surface area contributed by atoms with Crippen molar-refractivity contribution in [3.8, 4) is 11.4 Å². The van der Waals surface area contributed by atoms with E-state index in [1.807, 2.05) is 13.8 Å². The Balaban J connectivity index is 1.64. The van der Waals surface area contributed by atoms with E-state index in [2.05, 4.69) is 20.4 Å². The summed E-state index contributed by atoms with van der Waals surface area (Å²) >= 11 is 0. The highest BCUT2D eigenvalue weighted by Crippen LogP contribution is 2.27. The number of nitrogens with zero attached hydrogens (tertiary/aromatic N) is 3. The first-order valence-electron chi connectivity index (χ1n) is 8.62. The van der Waals surface area contributed by atoms with E-state index in [1.54, 1.807) is 12.1 Å². The van der Waals surface area contributed by atoms with Crippen LogP contribution in [-0.2, 0) is 4.79 Å². The van der Waals surface area contributed by atoms with Crippen LogP contribution in [0.25, 0.3) is 11.4 Å². The summed E-state index contributed by atoms with van der Waals surface area (Å²) in [6.07, 6.45) is 1.93. The lowest BCUT2D eigenvalue weighted by molar-refractivity contribution is -0.123. The zero-order chi connectivity index (χ0) is 17.8. The average molecular weight is 346 g/mol. The summed E-state index contributed by atoms with van der Waals surface area (Å²) in [5.74, 6) is 0.892. The number of carbonyl (C=O) groups is 1. The zero-order valence-electron chi connectivity index (χ0n) is 14.5. The van der Waals surface area contributed by atoms with Crippen LogP contribution >= 0.6 is 0 Å². The predicted octanol–water partition coefficient (Wildman–Crippen LogP) is 2.58. The number of halogens is 1. The van der Waals surface area contributed by atoms with Crippen LogP contribution in [0.4, 0.5) is 4.39 Å². The van der Waals surface area contributed by atoms with Gasteiger partial charge in [-0.3, -0.25) is 9.69 Å². The normalized spacial score (nSPS) is 18.5. The summed E-state index contributed by atoms with van der Waals surface area (Å²) in [7, 11) is 0. The fraction of sp³-hybridized carbons (Fsp3) is 0.500. The number of hydrogen-bond acceptors (Lipinski definition) is 5. The van der Waals surface area contributed by atoms with Gasteiger partial charge in [-0.25, -0.2) is 4.39 Å². The van der Waals surface area contributed by atoms with Gasteiger partial charge in [-0.15, -0.1) is 0 Å². The molecule has 1 aliphatic rings. The second kappa shape index (κ2) is 7.74. The number of rotatable bonds is 5. The number of hydrogen-bond donors (Lipinski definition) is 1. The summed E-state index contributed by atoms with van der Waals surface area (Å²) in [5, 5.41) is 6.92. The molecule has 3 rings (SSSR count). The third kappa shape index (κ3) is 4.63. The van der Waals surface area contributed by atoms with Crippen LogP contribution in [0.1, 0.15) is 38.5 Å². The summed E-state index contributed by atoms with van der Waals surface area (Å²) in [5.41, 5.74) is 0.723. The zero-order valence-corrected chi connectivity index (χ0v) is 14.5. The van der Waals surface area contributed by atoms with E-state index in [4.69, 9.17) is 4.52 Å². The van der Waals surface area contributed by atoms with Gasteiger partial charge in [0.2, 0.25) is 17.6 Å². The number of likely N-dealkylation sites (tertiary alicyclic amines) is 1. The second-order valence-electron chi connectivity index (χ2n) is 6.76. The Morgan fingerprint density at radius 1 is 1.40 bits per heavy atom. The number of amides is 1. The van der Waals surface area contributed by atoms with E-state index in [0.29, 0.717) is 18.3 Å². The van der Waals surface area contributed by atoms with Crippen molar-refractivity contribution < 1.29 is 13.7 Å². The van der Waals surface area contributed by atoms with Gasteiger partial charge in [-0.2, -0.15) is 4.98 Å². The van der Waals surface area contributed by atoms with Crippen molar-refractivity contribution in [1.82, 2.24) is 20.4 Å². The molecule has 1 N–H and O–H groups in total. The first-order valence-corrected chi connectivity index (χ1v) is 8.62. The molecule has 0 aliphatic carbocycles. The SMILES string of the molecule is CC(C)NC(=O)CN1CCCC(c2nc(-c3ccc(F)cc3)no2)C1. The Hall–Kier alpha value is -2.28. The molecule has 1 unspecified atom stereocenters. The topological polar surface area (TPSA) is 71.3 Å². The van der Waals surface area contributed by atoms with Gasteiger partial charge in [0.1, 0.15) is 5.82 Å². The number of piperidine rings is 1.